The lowest BCUT2D eigenvalue weighted by atomic mass is 9.90. The van der Waals surface area contributed by atoms with Crippen molar-refractivity contribution >= 4 is 23.5 Å². The van der Waals surface area contributed by atoms with Crippen molar-refractivity contribution < 1.29 is 4.79 Å². The monoisotopic (exact) mass is 392 g/mol. The summed E-state index contributed by atoms with van der Waals surface area (Å²) < 4.78 is 1.90. The van der Waals surface area contributed by atoms with E-state index in [1.54, 1.807) is 17.6 Å². The number of aryl methyl sites for hydroxylation is 2. The number of nitrogens with zero attached hydrogens (tertiary/aromatic N) is 3. The quantitative estimate of drug-likeness (QED) is 0.527. The van der Waals surface area contributed by atoms with Crippen LogP contribution in [0, 0.1) is 19.8 Å². The number of carbonyl (C=O) groups is 1. The standard InChI is InChI=1S/C22H24N4OS/c1-14-9-10-20-17(11-14)12-21(28-20)22(27)24-23-13-19-15(2)25-26(16(19)3)18-7-5-4-6-8-18/h4-8,12-14H,9-11H2,1-3H3,(H,24,27)/b23-13-/t14-/m0/s1. The second-order valence-corrected chi connectivity index (χ2v) is 8.57. The van der Waals surface area contributed by atoms with Gasteiger partial charge in [-0.05, 0) is 62.8 Å². The van der Waals surface area contributed by atoms with Gasteiger partial charge in [-0.15, -0.1) is 11.3 Å². The zero-order valence-electron chi connectivity index (χ0n) is 16.4. The van der Waals surface area contributed by atoms with Gasteiger partial charge in [-0.1, -0.05) is 25.1 Å². The first-order valence-corrected chi connectivity index (χ1v) is 10.4. The van der Waals surface area contributed by atoms with E-state index in [1.807, 2.05) is 54.9 Å². The Hall–Kier alpha value is -2.73. The molecule has 6 heteroatoms. The molecule has 0 unspecified atom stereocenters. The van der Waals surface area contributed by atoms with Crippen LogP contribution < -0.4 is 5.43 Å². The van der Waals surface area contributed by atoms with Crippen molar-refractivity contribution in [2.24, 2.45) is 11.0 Å². The number of aromatic nitrogens is 2. The Morgan fingerprint density at radius 3 is 2.89 bits per heavy atom. The highest BCUT2D eigenvalue weighted by Gasteiger charge is 2.20. The Morgan fingerprint density at radius 2 is 2.11 bits per heavy atom. The van der Waals surface area contributed by atoms with Gasteiger partial charge in [0.15, 0.2) is 0 Å². The molecule has 3 aromatic rings. The molecule has 1 N–H and O–H groups in total. The number of fused-ring (bicyclic) bond motifs is 1. The lowest BCUT2D eigenvalue weighted by molar-refractivity contribution is 0.0959. The Balaban J connectivity index is 1.48. The van der Waals surface area contributed by atoms with Gasteiger partial charge >= 0.3 is 0 Å². The van der Waals surface area contributed by atoms with E-state index in [9.17, 15) is 4.79 Å². The molecule has 2 heterocycles. The van der Waals surface area contributed by atoms with E-state index in [1.165, 1.54) is 16.9 Å². The number of carbonyl (C=O) groups excluding carboxylic acids is 1. The highest BCUT2D eigenvalue weighted by atomic mass is 32.1. The van der Waals surface area contributed by atoms with Gasteiger partial charge in [-0.2, -0.15) is 10.2 Å². The normalized spacial score (nSPS) is 16.3. The molecule has 1 aromatic carbocycles. The van der Waals surface area contributed by atoms with Crippen molar-refractivity contribution in [2.75, 3.05) is 0 Å². The molecule has 2 aromatic heterocycles. The highest BCUT2D eigenvalue weighted by molar-refractivity contribution is 7.14. The van der Waals surface area contributed by atoms with Gasteiger partial charge in [0.2, 0.25) is 0 Å². The maximum atomic E-state index is 12.5. The van der Waals surface area contributed by atoms with Crippen LogP contribution in [-0.4, -0.2) is 21.9 Å². The SMILES string of the molecule is Cc1nn(-c2ccccc2)c(C)c1/C=N\NC(=O)c1cc2c(s1)CC[C@H](C)C2. The molecule has 1 aliphatic carbocycles. The largest absolute Gasteiger partial charge is 0.281 e. The summed E-state index contributed by atoms with van der Waals surface area (Å²) in [7, 11) is 0. The van der Waals surface area contributed by atoms with Gasteiger partial charge in [0.1, 0.15) is 0 Å². The van der Waals surface area contributed by atoms with E-state index in [0.29, 0.717) is 5.92 Å². The molecule has 0 bridgehead atoms. The molecule has 4 rings (SSSR count). The van der Waals surface area contributed by atoms with Crippen molar-refractivity contribution in [2.45, 2.75) is 40.0 Å². The number of hydrogen-bond acceptors (Lipinski definition) is 4. The topological polar surface area (TPSA) is 59.3 Å². The molecule has 0 radical (unpaired) electrons. The number of benzene rings is 1. The maximum Gasteiger partial charge on any atom is 0.281 e. The zero-order chi connectivity index (χ0) is 19.7. The number of amides is 1. The summed E-state index contributed by atoms with van der Waals surface area (Å²) in [6.45, 7) is 6.22. The van der Waals surface area contributed by atoms with Gasteiger partial charge in [-0.25, -0.2) is 10.1 Å². The first-order chi connectivity index (χ1) is 13.5. The smallest absolute Gasteiger partial charge is 0.266 e. The van der Waals surface area contributed by atoms with E-state index in [0.717, 1.165) is 40.4 Å². The average molecular weight is 393 g/mol. The van der Waals surface area contributed by atoms with E-state index in [4.69, 9.17) is 0 Å². The number of hydrogen-bond donors (Lipinski definition) is 1. The van der Waals surface area contributed by atoms with Crippen LogP contribution in [-0.2, 0) is 12.8 Å². The summed E-state index contributed by atoms with van der Waals surface area (Å²) in [5, 5.41) is 8.80. The highest BCUT2D eigenvalue weighted by Crippen LogP contribution is 2.32. The summed E-state index contributed by atoms with van der Waals surface area (Å²) >= 11 is 1.60. The third-order valence-electron chi connectivity index (χ3n) is 5.26. The Morgan fingerprint density at radius 1 is 1.32 bits per heavy atom. The van der Waals surface area contributed by atoms with Crippen molar-refractivity contribution in [1.82, 2.24) is 15.2 Å². The Bertz CT molecular complexity index is 1030. The molecule has 0 aliphatic heterocycles. The van der Waals surface area contributed by atoms with Crippen LogP contribution in [0.3, 0.4) is 0 Å². The summed E-state index contributed by atoms with van der Waals surface area (Å²) in [6.07, 6.45) is 5.04. The predicted octanol–water partition coefficient (Wildman–Crippen LogP) is 4.44. The minimum atomic E-state index is -0.144. The lowest BCUT2D eigenvalue weighted by Crippen LogP contribution is -2.16. The second-order valence-electron chi connectivity index (χ2n) is 7.44. The van der Waals surface area contributed by atoms with E-state index >= 15 is 0 Å². The summed E-state index contributed by atoms with van der Waals surface area (Å²) in [5.41, 5.74) is 7.79. The van der Waals surface area contributed by atoms with Gasteiger partial charge in [0, 0.05) is 10.4 Å². The number of para-hydroxylation sites is 1. The molecule has 144 valence electrons. The van der Waals surface area contributed by atoms with E-state index < -0.39 is 0 Å². The molecular weight excluding hydrogens is 368 g/mol. The fourth-order valence-electron chi connectivity index (χ4n) is 3.69. The number of thiophene rings is 1. The second kappa shape index (κ2) is 7.72. The van der Waals surface area contributed by atoms with Crippen LogP contribution in [0.2, 0.25) is 0 Å². The Kier molecular flexibility index (Phi) is 5.13. The lowest BCUT2D eigenvalue weighted by Gasteiger charge is -2.16. The van der Waals surface area contributed by atoms with Crippen molar-refractivity contribution in [1.29, 1.82) is 0 Å². The van der Waals surface area contributed by atoms with E-state index in [-0.39, 0.29) is 5.91 Å². The first kappa shape index (κ1) is 18.6. The maximum absolute atomic E-state index is 12.5. The summed E-state index contributed by atoms with van der Waals surface area (Å²) in [6, 6.07) is 12.0. The molecule has 0 saturated carbocycles. The fraction of sp³-hybridized carbons (Fsp3) is 0.318. The van der Waals surface area contributed by atoms with Crippen LogP contribution >= 0.6 is 11.3 Å². The number of hydrazone groups is 1. The molecule has 1 aliphatic rings. The Labute approximate surface area is 169 Å². The van der Waals surface area contributed by atoms with Crippen molar-refractivity contribution in [3.8, 4) is 5.69 Å². The third kappa shape index (κ3) is 3.64. The molecule has 1 amide bonds. The number of rotatable bonds is 4. The molecular formula is C22H24N4OS. The summed E-state index contributed by atoms with van der Waals surface area (Å²) in [5.74, 6) is 0.553. The van der Waals surface area contributed by atoms with Gasteiger partial charge in [0.05, 0.1) is 28.2 Å². The van der Waals surface area contributed by atoms with E-state index in [2.05, 4.69) is 22.5 Å². The van der Waals surface area contributed by atoms with Crippen LogP contribution in [0.15, 0.2) is 41.5 Å². The van der Waals surface area contributed by atoms with Gasteiger partial charge in [-0.3, -0.25) is 4.79 Å². The molecule has 1 atom stereocenters. The minimum Gasteiger partial charge on any atom is -0.266 e. The van der Waals surface area contributed by atoms with Crippen LogP contribution in [0.1, 0.15) is 50.4 Å². The van der Waals surface area contributed by atoms with Crippen molar-refractivity contribution in [3.05, 3.63) is 68.7 Å². The van der Waals surface area contributed by atoms with Crippen molar-refractivity contribution in [3.63, 3.8) is 0 Å². The number of nitrogens with one attached hydrogen (secondary N) is 1. The van der Waals surface area contributed by atoms with Crippen LogP contribution in [0.4, 0.5) is 0 Å². The first-order valence-electron chi connectivity index (χ1n) is 9.59. The zero-order valence-corrected chi connectivity index (χ0v) is 17.2. The average Bonchev–Trinajstić information content (AvgIpc) is 3.24. The van der Waals surface area contributed by atoms with Gasteiger partial charge < -0.3 is 0 Å². The molecule has 28 heavy (non-hydrogen) atoms. The van der Waals surface area contributed by atoms with Crippen LogP contribution in [0.5, 0.6) is 0 Å². The predicted molar refractivity (Wildman–Crippen MR) is 114 cm³/mol. The summed E-state index contributed by atoms with van der Waals surface area (Å²) in [4.78, 5) is 14.6. The minimum absolute atomic E-state index is 0.144. The fourth-order valence-corrected chi connectivity index (χ4v) is 4.79. The molecule has 5 nitrogen and oxygen atoms in total. The molecule has 0 spiro atoms. The van der Waals surface area contributed by atoms with Crippen LogP contribution in [0.25, 0.3) is 5.69 Å². The third-order valence-corrected chi connectivity index (χ3v) is 6.50. The van der Waals surface area contributed by atoms with Gasteiger partial charge in [0.25, 0.3) is 5.91 Å². The molecule has 0 saturated heterocycles. The molecule has 0 fully saturated rings.